The number of rotatable bonds is 2. The standard InChI is InChI=1S/C12H10FO3P/c13-11-5-1-9(2-6-11)10-3-7-12(8-4-10)17(14,15)16/h1-8H,(H2,14,15,16). The number of hydrogen-bond donors (Lipinski definition) is 2. The molecule has 88 valence electrons. The summed E-state index contributed by atoms with van der Waals surface area (Å²) in [5.41, 5.74) is 1.57. The van der Waals surface area contributed by atoms with Gasteiger partial charge in [0.05, 0.1) is 5.30 Å². The first-order valence-corrected chi connectivity index (χ1v) is 6.50. The van der Waals surface area contributed by atoms with Gasteiger partial charge < -0.3 is 9.79 Å². The Balaban J connectivity index is 2.36. The first-order chi connectivity index (χ1) is 7.97. The third-order valence-electron chi connectivity index (χ3n) is 2.38. The Kier molecular flexibility index (Phi) is 3.11. The van der Waals surface area contributed by atoms with Gasteiger partial charge in [0.15, 0.2) is 0 Å². The Morgan fingerprint density at radius 2 is 1.24 bits per heavy atom. The van der Waals surface area contributed by atoms with Crippen LogP contribution < -0.4 is 5.30 Å². The summed E-state index contributed by atoms with van der Waals surface area (Å²) in [5, 5.41) is -0.0247. The molecular formula is C12H10FO3P. The molecule has 0 spiro atoms. The van der Waals surface area contributed by atoms with Crippen LogP contribution in [-0.2, 0) is 4.57 Å². The highest BCUT2D eigenvalue weighted by atomic mass is 31.2. The molecule has 0 heterocycles. The summed E-state index contributed by atoms with van der Waals surface area (Å²) in [4.78, 5) is 17.9. The van der Waals surface area contributed by atoms with Crippen molar-refractivity contribution in [3.63, 3.8) is 0 Å². The molecule has 0 aliphatic heterocycles. The third-order valence-corrected chi connectivity index (χ3v) is 3.35. The summed E-state index contributed by atoms with van der Waals surface area (Å²) in [7, 11) is -4.20. The van der Waals surface area contributed by atoms with Gasteiger partial charge in [0.2, 0.25) is 0 Å². The minimum atomic E-state index is -4.20. The second-order valence-electron chi connectivity index (χ2n) is 3.60. The van der Waals surface area contributed by atoms with E-state index < -0.39 is 7.60 Å². The second-order valence-corrected chi connectivity index (χ2v) is 5.20. The molecule has 0 bridgehead atoms. The molecular weight excluding hydrogens is 242 g/mol. The van der Waals surface area contributed by atoms with E-state index >= 15 is 0 Å². The zero-order valence-electron chi connectivity index (χ0n) is 8.75. The highest BCUT2D eigenvalue weighted by molar-refractivity contribution is 7.60. The second kappa shape index (κ2) is 4.41. The molecule has 0 amide bonds. The van der Waals surface area contributed by atoms with E-state index in [2.05, 4.69) is 0 Å². The molecule has 0 aliphatic carbocycles. The Morgan fingerprint density at radius 3 is 1.65 bits per heavy atom. The first-order valence-electron chi connectivity index (χ1n) is 4.89. The van der Waals surface area contributed by atoms with Gasteiger partial charge in [-0.05, 0) is 35.4 Å². The van der Waals surface area contributed by atoms with Crippen LogP contribution in [0.3, 0.4) is 0 Å². The summed E-state index contributed by atoms with van der Waals surface area (Å²) in [6, 6.07) is 11.9. The molecule has 3 nitrogen and oxygen atoms in total. The van der Waals surface area contributed by atoms with Crippen molar-refractivity contribution in [2.45, 2.75) is 0 Å². The number of halogens is 1. The fourth-order valence-corrected chi connectivity index (χ4v) is 2.03. The van der Waals surface area contributed by atoms with Gasteiger partial charge in [-0.3, -0.25) is 4.57 Å². The quantitative estimate of drug-likeness (QED) is 0.806. The predicted molar refractivity (Wildman–Crippen MR) is 63.5 cm³/mol. The van der Waals surface area contributed by atoms with E-state index in [4.69, 9.17) is 9.79 Å². The smallest absolute Gasteiger partial charge is 0.321 e. The lowest BCUT2D eigenvalue weighted by Crippen LogP contribution is -2.02. The lowest BCUT2D eigenvalue weighted by atomic mass is 10.1. The number of benzene rings is 2. The molecule has 2 aromatic carbocycles. The highest BCUT2D eigenvalue weighted by Crippen LogP contribution is 2.33. The van der Waals surface area contributed by atoms with Gasteiger partial charge in [-0.15, -0.1) is 0 Å². The molecule has 0 radical (unpaired) electrons. The molecule has 2 rings (SSSR count). The van der Waals surface area contributed by atoms with Gasteiger partial charge >= 0.3 is 7.60 Å². The van der Waals surface area contributed by atoms with Crippen LogP contribution >= 0.6 is 7.60 Å². The number of hydrogen-bond acceptors (Lipinski definition) is 1. The average molecular weight is 252 g/mol. The molecule has 5 heteroatoms. The van der Waals surface area contributed by atoms with Crippen molar-refractivity contribution in [1.29, 1.82) is 0 Å². The van der Waals surface area contributed by atoms with Crippen molar-refractivity contribution in [3.05, 3.63) is 54.3 Å². The fourth-order valence-electron chi connectivity index (χ4n) is 1.49. The summed E-state index contributed by atoms with van der Waals surface area (Å²) in [6.45, 7) is 0. The van der Waals surface area contributed by atoms with Crippen LogP contribution in [-0.4, -0.2) is 9.79 Å². The van der Waals surface area contributed by atoms with Crippen molar-refractivity contribution >= 4 is 12.9 Å². The molecule has 0 saturated carbocycles. The molecule has 0 atom stereocenters. The Bertz CT molecular complexity index is 557. The lowest BCUT2D eigenvalue weighted by molar-refractivity contribution is 0.387. The third kappa shape index (κ3) is 2.80. The molecule has 2 N–H and O–H groups in total. The fraction of sp³-hybridized carbons (Fsp3) is 0. The van der Waals surface area contributed by atoms with E-state index in [-0.39, 0.29) is 11.1 Å². The molecule has 2 aromatic rings. The zero-order valence-corrected chi connectivity index (χ0v) is 9.64. The van der Waals surface area contributed by atoms with Crippen LogP contribution in [0.2, 0.25) is 0 Å². The maximum absolute atomic E-state index is 12.7. The lowest BCUT2D eigenvalue weighted by Gasteiger charge is -2.05. The molecule has 0 aliphatic rings. The summed E-state index contributed by atoms with van der Waals surface area (Å²) < 4.78 is 23.7. The van der Waals surface area contributed by atoms with Crippen LogP contribution in [0.4, 0.5) is 4.39 Å². The molecule has 17 heavy (non-hydrogen) atoms. The van der Waals surface area contributed by atoms with E-state index in [0.29, 0.717) is 0 Å². The molecule has 0 unspecified atom stereocenters. The average Bonchev–Trinajstić information content (AvgIpc) is 2.29. The van der Waals surface area contributed by atoms with Crippen molar-refractivity contribution in [3.8, 4) is 11.1 Å². The van der Waals surface area contributed by atoms with Gasteiger partial charge in [-0.25, -0.2) is 4.39 Å². The van der Waals surface area contributed by atoms with Crippen LogP contribution in [0.15, 0.2) is 48.5 Å². The van der Waals surface area contributed by atoms with Gasteiger partial charge in [-0.2, -0.15) is 0 Å². The van der Waals surface area contributed by atoms with Crippen LogP contribution in [0.5, 0.6) is 0 Å². The summed E-state index contributed by atoms with van der Waals surface area (Å²) >= 11 is 0. The van der Waals surface area contributed by atoms with Crippen LogP contribution in [0.25, 0.3) is 11.1 Å². The Morgan fingerprint density at radius 1 is 0.824 bits per heavy atom. The van der Waals surface area contributed by atoms with Crippen molar-refractivity contribution in [2.24, 2.45) is 0 Å². The van der Waals surface area contributed by atoms with Gasteiger partial charge in [0.1, 0.15) is 5.82 Å². The van der Waals surface area contributed by atoms with E-state index in [1.807, 2.05) is 0 Å². The molecule has 0 fully saturated rings. The maximum Gasteiger partial charge on any atom is 0.356 e. The minimum Gasteiger partial charge on any atom is -0.321 e. The van der Waals surface area contributed by atoms with Gasteiger partial charge in [0.25, 0.3) is 0 Å². The van der Waals surface area contributed by atoms with Crippen LogP contribution in [0, 0.1) is 5.82 Å². The van der Waals surface area contributed by atoms with Crippen molar-refractivity contribution in [2.75, 3.05) is 0 Å². The van der Waals surface area contributed by atoms with E-state index in [1.54, 1.807) is 24.3 Å². The van der Waals surface area contributed by atoms with E-state index in [9.17, 15) is 8.96 Å². The topological polar surface area (TPSA) is 57.5 Å². The minimum absolute atomic E-state index is 0.0247. The van der Waals surface area contributed by atoms with Gasteiger partial charge in [-0.1, -0.05) is 24.3 Å². The van der Waals surface area contributed by atoms with Gasteiger partial charge in [0, 0.05) is 0 Å². The van der Waals surface area contributed by atoms with Crippen molar-refractivity contribution < 1.29 is 18.7 Å². The monoisotopic (exact) mass is 252 g/mol. The van der Waals surface area contributed by atoms with Crippen LogP contribution in [0.1, 0.15) is 0 Å². The highest BCUT2D eigenvalue weighted by Gasteiger charge is 2.16. The maximum atomic E-state index is 12.7. The SMILES string of the molecule is O=P(O)(O)c1ccc(-c2ccc(F)cc2)cc1. The first kappa shape index (κ1) is 12.0. The summed E-state index contributed by atoms with van der Waals surface area (Å²) in [6.07, 6.45) is 0. The Hall–Kier alpha value is -1.48. The predicted octanol–water partition coefficient (Wildman–Crippen LogP) is 2.30. The normalized spacial score (nSPS) is 11.5. The van der Waals surface area contributed by atoms with E-state index in [0.717, 1.165) is 11.1 Å². The largest absolute Gasteiger partial charge is 0.356 e. The summed E-state index contributed by atoms with van der Waals surface area (Å²) in [5.74, 6) is -0.319. The Labute approximate surface area is 97.7 Å². The van der Waals surface area contributed by atoms with E-state index in [1.165, 1.54) is 24.3 Å². The zero-order chi connectivity index (χ0) is 12.5. The molecule has 0 aromatic heterocycles. The van der Waals surface area contributed by atoms with Crippen molar-refractivity contribution in [1.82, 2.24) is 0 Å². The molecule has 0 saturated heterocycles.